The molecule has 106 valence electrons. The van der Waals surface area contributed by atoms with Crippen molar-refractivity contribution in [2.24, 2.45) is 0 Å². The number of rotatable bonds is 6. The summed E-state index contributed by atoms with van der Waals surface area (Å²) in [5.41, 5.74) is 3.45. The van der Waals surface area contributed by atoms with Crippen molar-refractivity contribution in [3.8, 4) is 0 Å². The molecule has 0 amide bonds. The molecule has 0 spiro atoms. The number of nitrogens with one attached hydrogen (secondary N) is 2. The lowest BCUT2D eigenvalue weighted by Crippen LogP contribution is -2.11. The molecule has 0 aliphatic heterocycles. The number of hydrogen-bond acceptors (Lipinski definition) is 6. The maximum absolute atomic E-state index is 4.96. The first kappa shape index (κ1) is 14.2. The second kappa shape index (κ2) is 6.81. The topological polar surface area (TPSA) is 72.0 Å². The van der Waals surface area contributed by atoms with Crippen LogP contribution in [0.5, 0.6) is 0 Å². The number of methoxy groups -OCH3 is 1. The quantitative estimate of drug-likeness (QED) is 0.787. The van der Waals surface area contributed by atoms with Crippen molar-refractivity contribution in [3.63, 3.8) is 0 Å². The summed E-state index contributed by atoms with van der Waals surface area (Å²) in [5.74, 6) is 1.14. The number of hydrogen-bond donors (Lipinski definition) is 2. The first-order chi connectivity index (χ1) is 9.70. The Hall–Kier alpha value is -2.21. The molecule has 2 rings (SSSR count). The summed E-state index contributed by atoms with van der Waals surface area (Å²) in [7, 11) is 1.65. The van der Waals surface area contributed by atoms with Gasteiger partial charge in [0.15, 0.2) is 5.82 Å². The monoisotopic (exact) mass is 273 g/mol. The summed E-state index contributed by atoms with van der Waals surface area (Å²) in [6, 6.07) is 6.11. The zero-order valence-electron chi connectivity index (χ0n) is 12.0. The standard InChI is InChI=1S/C14H19N5O/c1-10-5-4-6-12(11(10)2)17-13-9-16-19-14(18-13)15-7-8-20-3/h4-6,9H,7-8H2,1-3H3,(H2,15,17,18,19). The molecule has 1 aromatic heterocycles. The van der Waals surface area contributed by atoms with Gasteiger partial charge in [0.1, 0.15) is 0 Å². The average molecular weight is 273 g/mol. The third-order valence-corrected chi connectivity index (χ3v) is 3.02. The molecule has 2 N–H and O–H groups in total. The molecule has 0 aliphatic carbocycles. The van der Waals surface area contributed by atoms with Gasteiger partial charge in [-0.15, -0.1) is 5.10 Å². The lowest BCUT2D eigenvalue weighted by atomic mass is 10.1. The van der Waals surface area contributed by atoms with E-state index in [-0.39, 0.29) is 0 Å². The van der Waals surface area contributed by atoms with E-state index in [1.807, 2.05) is 12.1 Å². The Labute approximate surface area is 118 Å². The Bertz CT molecular complexity index is 573. The van der Waals surface area contributed by atoms with Gasteiger partial charge < -0.3 is 15.4 Å². The van der Waals surface area contributed by atoms with Gasteiger partial charge in [-0.2, -0.15) is 10.1 Å². The molecular weight excluding hydrogens is 254 g/mol. The van der Waals surface area contributed by atoms with Crippen LogP contribution in [0.2, 0.25) is 0 Å². The number of ether oxygens (including phenoxy) is 1. The van der Waals surface area contributed by atoms with E-state index in [0.717, 1.165) is 5.69 Å². The fourth-order valence-corrected chi connectivity index (χ4v) is 1.73. The SMILES string of the molecule is COCCNc1nncc(Nc2cccc(C)c2C)n1. The highest BCUT2D eigenvalue weighted by Gasteiger charge is 2.04. The van der Waals surface area contributed by atoms with Crippen LogP contribution < -0.4 is 10.6 Å². The Balaban J connectivity index is 2.09. The van der Waals surface area contributed by atoms with Gasteiger partial charge in [0, 0.05) is 19.3 Å². The highest BCUT2D eigenvalue weighted by molar-refractivity contribution is 5.61. The molecule has 20 heavy (non-hydrogen) atoms. The predicted molar refractivity (Wildman–Crippen MR) is 79.4 cm³/mol. The number of nitrogens with zero attached hydrogens (tertiary/aromatic N) is 3. The van der Waals surface area contributed by atoms with E-state index < -0.39 is 0 Å². The molecule has 1 heterocycles. The van der Waals surface area contributed by atoms with E-state index in [4.69, 9.17) is 4.74 Å². The lowest BCUT2D eigenvalue weighted by molar-refractivity contribution is 0.210. The van der Waals surface area contributed by atoms with Gasteiger partial charge in [-0.25, -0.2) is 0 Å². The van der Waals surface area contributed by atoms with Gasteiger partial charge in [0.2, 0.25) is 5.95 Å². The van der Waals surface area contributed by atoms with Crippen LogP contribution in [0.1, 0.15) is 11.1 Å². The second-order valence-electron chi connectivity index (χ2n) is 4.46. The highest BCUT2D eigenvalue weighted by atomic mass is 16.5. The average Bonchev–Trinajstić information content (AvgIpc) is 2.45. The van der Waals surface area contributed by atoms with Crippen molar-refractivity contribution >= 4 is 17.5 Å². The second-order valence-corrected chi connectivity index (χ2v) is 4.46. The maximum Gasteiger partial charge on any atom is 0.244 e. The third kappa shape index (κ3) is 3.64. The third-order valence-electron chi connectivity index (χ3n) is 3.02. The smallest absolute Gasteiger partial charge is 0.244 e. The zero-order chi connectivity index (χ0) is 14.4. The minimum absolute atomic E-state index is 0.484. The number of benzene rings is 1. The van der Waals surface area contributed by atoms with Gasteiger partial charge in [-0.05, 0) is 31.0 Å². The normalized spacial score (nSPS) is 10.3. The zero-order valence-corrected chi connectivity index (χ0v) is 12.0. The molecular formula is C14H19N5O. The molecule has 1 aromatic carbocycles. The maximum atomic E-state index is 4.96. The molecule has 0 atom stereocenters. The molecule has 0 bridgehead atoms. The molecule has 0 fully saturated rings. The minimum Gasteiger partial charge on any atom is -0.383 e. The molecule has 0 unspecified atom stereocenters. The van der Waals surface area contributed by atoms with Crippen molar-refractivity contribution in [1.29, 1.82) is 0 Å². The van der Waals surface area contributed by atoms with Gasteiger partial charge in [0.05, 0.1) is 12.8 Å². The van der Waals surface area contributed by atoms with E-state index >= 15 is 0 Å². The fourth-order valence-electron chi connectivity index (χ4n) is 1.73. The van der Waals surface area contributed by atoms with Crippen LogP contribution in [0.3, 0.4) is 0 Å². The first-order valence-corrected chi connectivity index (χ1v) is 6.46. The van der Waals surface area contributed by atoms with E-state index in [2.05, 4.69) is 45.7 Å². The Kier molecular flexibility index (Phi) is 4.84. The molecule has 6 heteroatoms. The van der Waals surface area contributed by atoms with Crippen molar-refractivity contribution in [1.82, 2.24) is 15.2 Å². The van der Waals surface area contributed by atoms with E-state index in [1.54, 1.807) is 13.3 Å². The first-order valence-electron chi connectivity index (χ1n) is 6.46. The summed E-state index contributed by atoms with van der Waals surface area (Å²) in [5, 5.41) is 14.2. The summed E-state index contributed by atoms with van der Waals surface area (Å²) in [6.45, 7) is 5.39. The molecule has 0 saturated heterocycles. The molecule has 2 aromatic rings. The van der Waals surface area contributed by atoms with Crippen LogP contribution in [-0.2, 0) is 4.74 Å². The number of aromatic nitrogens is 3. The number of aryl methyl sites for hydroxylation is 1. The Morgan fingerprint density at radius 1 is 1.25 bits per heavy atom. The summed E-state index contributed by atoms with van der Waals surface area (Å²) in [6.07, 6.45) is 1.60. The van der Waals surface area contributed by atoms with Gasteiger partial charge in [-0.1, -0.05) is 12.1 Å². The predicted octanol–water partition coefficient (Wildman–Crippen LogP) is 2.29. The molecule has 0 saturated carbocycles. The summed E-state index contributed by atoms with van der Waals surface area (Å²) >= 11 is 0. The van der Waals surface area contributed by atoms with E-state index in [0.29, 0.717) is 24.9 Å². The van der Waals surface area contributed by atoms with Gasteiger partial charge in [-0.3, -0.25) is 0 Å². The fraction of sp³-hybridized carbons (Fsp3) is 0.357. The van der Waals surface area contributed by atoms with Crippen molar-refractivity contribution in [3.05, 3.63) is 35.5 Å². The van der Waals surface area contributed by atoms with Crippen LogP contribution in [-0.4, -0.2) is 35.4 Å². The Morgan fingerprint density at radius 2 is 2.10 bits per heavy atom. The van der Waals surface area contributed by atoms with Crippen molar-refractivity contribution in [2.45, 2.75) is 13.8 Å². The summed E-state index contributed by atoms with van der Waals surface area (Å²) < 4.78 is 4.96. The van der Waals surface area contributed by atoms with Gasteiger partial charge in [0.25, 0.3) is 0 Å². The number of anilines is 3. The van der Waals surface area contributed by atoms with Crippen LogP contribution >= 0.6 is 0 Å². The van der Waals surface area contributed by atoms with E-state index in [1.165, 1.54) is 11.1 Å². The van der Waals surface area contributed by atoms with Crippen LogP contribution in [0.25, 0.3) is 0 Å². The van der Waals surface area contributed by atoms with Gasteiger partial charge >= 0.3 is 0 Å². The molecule has 0 aliphatic rings. The van der Waals surface area contributed by atoms with Crippen LogP contribution in [0.15, 0.2) is 24.4 Å². The largest absolute Gasteiger partial charge is 0.383 e. The van der Waals surface area contributed by atoms with Crippen molar-refractivity contribution < 1.29 is 4.74 Å². The summed E-state index contributed by atoms with van der Waals surface area (Å²) in [4.78, 5) is 4.36. The molecule has 0 radical (unpaired) electrons. The van der Waals surface area contributed by atoms with E-state index in [9.17, 15) is 0 Å². The Morgan fingerprint density at radius 3 is 2.90 bits per heavy atom. The highest BCUT2D eigenvalue weighted by Crippen LogP contribution is 2.21. The van der Waals surface area contributed by atoms with Crippen LogP contribution in [0.4, 0.5) is 17.5 Å². The minimum atomic E-state index is 0.484. The molecule has 6 nitrogen and oxygen atoms in total. The van der Waals surface area contributed by atoms with Crippen molar-refractivity contribution in [2.75, 3.05) is 30.9 Å². The lowest BCUT2D eigenvalue weighted by Gasteiger charge is -2.11. The van der Waals surface area contributed by atoms with Crippen LogP contribution in [0, 0.1) is 13.8 Å².